The molecule has 0 aromatic carbocycles. The average Bonchev–Trinajstić information content (AvgIpc) is 2.74. The summed E-state index contributed by atoms with van der Waals surface area (Å²) >= 11 is 0. The first kappa shape index (κ1) is 9.78. The van der Waals surface area contributed by atoms with Crippen LogP contribution in [0.25, 0.3) is 5.65 Å². The lowest BCUT2D eigenvalue weighted by molar-refractivity contribution is 0.0659. The lowest BCUT2D eigenvalue weighted by Gasteiger charge is -2.20. The maximum Gasteiger partial charge on any atom is 0.160 e. The highest BCUT2D eigenvalue weighted by Gasteiger charge is 2.17. The van der Waals surface area contributed by atoms with Crippen LogP contribution in [0.15, 0.2) is 24.4 Å². The van der Waals surface area contributed by atoms with Crippen molar-refractivity contribution in [3.63, 3.8) is 0 Å². The molecule has 0 amide bonds. The Kier molecular flexibility index (Phi) is 2.58. The molecule has 0 bridgehead atoms. The minimum absolute atomic E-state index is 0.696. The van der Waals surface area contributed by atoms with E-state index in [9.17, 15) is 0 Å². The second-order valence-corrected chi connectivity index (χ2v) is 4.30. The maximum absolute atomic E-state index is 5.36. The van der Waals surface area contributed by atoms with Crippen molar-refractivity contribution in [2.45, 2.75) is 19.3 Å². The third-order valence-electron chi connectivity index (χ3n) is 3.20. The molecule has 84 valence electrons. The van der Waals surface area contributed by atoms with Gasteiger partial charge in [0.1, 0.15) is 5.82 Å². The summed E-state index contributed by atoms with van der Waals surface area (Å²) in [4.78, 5) is 0. The van der Waals surface area contributed by atoms with Gasteiger partial charge in [0, 0.05) is 25.8 Å². The van der Waals surface area contributed by atoms with E-state index in [0.29, 0.717) is 5.92 Å². The number of nitrogens with zero attached hydrogens (tertiary/aromatic N) is 3. The molecule has 1 aliphatic rings. The van der Waals surface area contributed by atoms with Gasteiger partial charge in [-0.1, -0.05) is 6.07 Å². The highest BCUT2D eigenvalue weighted by molar-refractivity contribution is 5.37. The first-order valence-corrected chi connectivity index (χ1v) is 5.80. The third-order valence-corrected chi connectivity index (χ3v) is 3.20. The molecule has 0 aliphatic carbocycles. The van der Waals surface area contributed by atoms with Crippen molar-refractivity contribution in [2.24, 2.45) is 5.92 Å². The van der Waals surface area contributed by atoms with Crippen LogP contribution in [0.1, 0.15) is 18.7 Å². The molecule has 16 heavy (non-hydrogen) atoms. The van der Waals surface area contributed by atoms with E-state index in [1.165, 1.54) is 0 Å². The number of hydrogen-bond acceptors (Lipinski definition) is 3. The van der Waals surface area contributed by atoms with E-state index in [1.54, 1.807) is 0 Å². The monoisotopic (exact) mass is 217 g/mol. The fourth-order valence-electron chi connectivity index (χ4n) is 2.24. The molecule has 2 aromatic heterocycles. The zero-order valence-corrected chi connectivity index (χ0v) is 9.17. The first-order valence-electron chi connectivity index (χ1n) is 5.80. The van der Waals surface area contributed by atoms with E-state index in [-0.39, 0.29) is 0 Å². The third kappa shape index (κ3) is 1.80. The lowest BCUT2D eigenvalue weighted by atomic mass is 9.96. The van der Waals surface area contributed by atoms with Crippen LogP contribution < -0.4 is 0 Å². The predicted octanol–water partition coefficient (Wildman–Crippen LogP) is 1.70. The van der Waals surface area contributed by atoms with Gasteiger partial charge in [0.25, 0.3) is 0 Å². The highest BCUT2D eigenvalue weighted by atomic mass is 16.5. The molecule has 0 spiro atoms. The predicted molar refractivity (Wildman–Crippen MR) is 60.2 cm³/mol. The Morgan fingerprint density at radius 3 is 3.00 bits per heavy atom. The summed E-state index contributed by atoms with van der Waals surface area (Å²) in [6.45, 7) is 1.78. The SMILES string of the molecule is c1ccn2c(CC3CCOCC3)nnc2c1. The Morgan fingerprint density at radius 2 is 2.12 bits per heavy atom. The van der Waals surface area contributed by atoms with Crippen molar-refractivity contribution in [3.05, 3.63) is 30.2 Å². The Bertz CT molecular complexity index is 474. The van der Waals surface area contributed by atoms with Crippen LogP contribution in [0, 0.1) is 5.92 Å². The molecule has 3 heterocycles. The standard InChI is InChI=1S/C12H15N3O/c1-2-6-15-11(3-1)13-14-12(15)9-10-4-7-16-8-5-10/h1-3,6,10H,4-5,7-9H2. The van der Waals surface area contributed by atoms with Gasteiger partial charge in [-0.2, -0.15) is 0 Å². The van der Waals surface area contributed by atoms with Gasteiger partial charge in [-0.05, 0) is 30.9 Å². The van der Waals surface area contributed by atoms with Crippen LogP contribution in [-0.4, -0.2) is 27.8 Å². The summed E-state index contributed by atoms with van der Waals surface area (Å²) in [6.07, 6.45) is 5.32. The van der Waals surface area contributed by atoms with Crippen molar-refractivity contribution in [1.29, 1.82) is 0 Å². The zero-order valence-electron chi connectivity index (χ0n) is 9.17. The molecule has 4 nitrogen and oxygen atoms in total. The molecule has 2 aromatic rings. The second-order valence-electron chi connectivity index (χ2n) is 4.30. The Balaban J connectivity index is 1.83. The van der Waals surface area contributed by atoms with Crippen molar-refractivity contribution in [2.75, 3.05) is 13.2 Å². The molecule has 0 radical (unpaired) electrons. The normalized spacial score (nSPS) is 18.0. The summed E-state index contributed by atoms with van der Waals surface area (Å²) in [5.74, 6) is 1.77. The summed E-state index contributed by atoms with van der Waals surface area (Å²) in [7, 11) is 0. The van der Waals surface area contributed by atoms with Gasteiger partial charge < -0.3 is 4.74 Å². The number of aromatic nitrogens is 3. The van der Waals surface area contributed by atoms with Crippen LogP contribution in [0.2, 0.25) is 0 Å². The van der Waals surface area contributed by atoms with Crippen LogP contribution in [0.5, 0.6) is 0 Å². The molecular weight excluding hydrogens is 202 g/mol. The van der Waals surface area contributed by atoms with Crippen LogP contribution >= 0.6 is 0 Å². The number of fused-ring (bicyclic) bond motifs is 1. The van der Waals surface area contributed by atoms with Crippen molar-refractivity contribution >= 4 is 5.65 Å². The molecule has 1 aliphatic heterocycles. The number of ether oxygens (including phenoxy) is 1. The minimum Gasteiger partial charge on any atom is -0.381 e. The molecule has 0 atom stereocenters. The number of pyridine rings is 1. The smallest absolute Gasteiger partial charge is 0.160 e. The van der Waals surface area contributed by atoms with Crippen molar-refractivity contribution in [1.82, 2.24) is 14.6 Å². The van der Waals surface area contributed by atoms with Gasteiger partial charge in [-0.15, -0.1) is 10.2 Å². The summed E-state index contributed by atoms with van der Waals surface area (Å²) in [6, 6.07) is 5.99. The molecule has 0 unspecified atom stereocenters. The largest absolute Gasteiger partial charge is 0.381 e. The van der Waals surface area contributed by atoms with Crippen molar-refractivity contribution in [3.8, 4) is 0 Å². The van der Waals surface area contributed by atoms with Gasteiger partial charge in [-0.25, -0.2) is 0 Å². The fourth-order valence-corrected chi connectivity index (χ4v) is 2.24. The first-order chi connectivity index (χ1) is 7.93. The molecule has 0 saturated carbocycles. The van der Waals surface area contributed by atoms with E-state index in [1.807, 2.05) is 24.4 Å². The van der Waals surface area contributed by atoms with E-state index >= 15 is 0 Å². The minimum atomic E-state index is 0.696. The Hall–Kier alpha value is -1.42. The highest BCUT2D eigenvalue weighted by Crippen LogP contribution is 2.19. The van der Waals surface area contributed by atoms with E-state index in [4.69, 9.17) is 4.74 Å². The van der Waals surface area contributed by atoms with E-state index in [0.717, 1.165) is 43.9 Å². The molecule has 3 rings (SSSR count). The Labute approximate surface area is 94.3 Å². The maximum atomic E-state index is 5.36. The quantitative estimate of drug-likeness (QED) is 0.768. The Morgan fingerprint density at radius 1 is 1.25 bits per heavy atom. The number of rotatable bonds is 2. The lowest BCUT2D eigenvalue weighted by Crippen LogP contribution is -2.18. The van der Waals surface area contributed by atoms with Gasteiger partial charge in [0.2, 0.25) is 0 Å². The van der Waals surface area contributed by atoms with Crippen LogP contribution in [-0.2, 0) is 11.2 Å². The molecule has 0 N–H and O–H groups in total. The van der Waals surface area contributed by atoms with E-state index in [2.05, 4.69) is 14.6 Å². The molecular formula is C12H15N3O. The summed E-state index contributed by atoms with van der Waals surface area (Å²) in [5.41, 5.74) is 0.935. The topological polar surface area (TPSA) is 39.4 Å². The van der Waals surface area contributed by atoms with Crippen LogP contribution in [0.3, 0.4) is 0 Å². The number of hydrogen-bond donors (Lipinski definition) is 0. The van der Waals surface area contributed by atoms with E-state index < -0.39 is 0 Å². The van der Waals surface area contributed by atoms with Crippen LogP contribution in [0.4, 0.5) is 0 Å². The second kappa shape index (κ2) is 4.22. The zero-order chi connectivity index (χ0) is 10.8. The van der Waals surface area contributed by atoms with Gasteiger partial charge in [-0.3, -0.25) is 4.40 Å². The summed E-state index contributed by atoms with van der Waals surface area (Å²) in [5, 5.41) is 8.43. The van der Waals surface area contributed by atoms with Gasteiger partial charge in [0.15, 0.2) is 5.65 Å². The average molecular weight is 217 g/mol. The fraction of sp³-hybridized carbons (Fsp3) is 0.500. The van der Waals surface area contributed by atoms with Crippen molar-refractivity contribution < 1.29 is 4.74 Å². The van der Waals surface area contributed by atoms with Gasteiger partial charge >= 0.3 is 0 Å². The summed E-state index contributed by atoms with van der Waals surface area (Å²) < 4.78 is 7.44. The molecule has 1 saturated heterocycles. The van der Waals surface area contributed by atoms with Gasteiger partial charge in [0.05, 0.1) is 0 Å². The molecule has 1 fully saturated rings. The molecule has 4 heteroatoms.